The number of aliphatic hydroxyl groups is 1. The van der Waals surface area contributed by atoms with Crippen molar-refractivity contribution in [3.8, 4) is 0 Å². The van der Waals surface area contributed by atoms with E-state index in [-0.39, 0.29) is 5.57 Å². The average molecular weight is 545 g/mol. The Bertz CT molecular complexity index is 1540. The highest BCUT2D eigenvalue weighted by Gasteiger charge is 2.45. The topological polar surface area (TPSA) is 70.5 Å². The minimum absolute atomic E-state index is 0.0347. The second kappa shape index (κ2) is 9.24. The number of amides is 1. The summed E-state index contributed by atoms with van der Waals surface area (Å²) in [5, 5.41) is 11.4. The van der Waals surface area contributed by atoms with Gasteiger partial charge in [-0.1, -0.05) is 81.9 Å². The van der Waals surface area contributed by atoms with Crippen LogP contribution in [0.5, 0.6) is 0 Å². The number of ketones is 1. The molecule has 1 amide bonds. The molecule has 174 valence electrons. The molecular weight excluding hydrogens is 524 g/mol. The molecule has 0 radical (unpaired) electrons. The Balaban J connectivity index is 1.63. The fourth-order valence-corrected chi connectivity index (χ4v) is 5.92. The highest BCUT2D eigenvalue weighted by atomic mass is 79.9. The molecule has 5 nitrogen and oxygen atoms in total. The van der Waals surface area contributed by atoms with Gasteiger partial charge in [-0.25, -0.2) is 4.98 Å². The van der Waals surface area contributed by atoms with Gasteiger partial charge in [-0.05, 0) is 60.4 Å². The van der Waals surface area contributed by atoms with Crippen LogP contribution < -0.4 is 4.90 Å². The first kappa shape index (κ1) is 23.2. The number of anilines is 1. The SMILES string of the molecule is Cc1cc(C)c2nc(N3C(=O)C(O)=C(C(=O)/C=C/c4ccccc4)C3c3cccc(Br)c3)sc2c1. The lowest BCUT2D eigenvalue weighted by atomic mass is 9.96. The number of halogens is 1. The van der Waals surface area contributed by atoms with Crippen molar-refractivity contribution in [3.05, 3.63) is 111 Å². The number of aliphatic hydroxyl groups excluding tert-OH is 1. The molecule has 1 unspecified atom stereocenters. The molecule has 1 aromatic heterocycles. The summed E-state index contributed by atoms with van der Waals surface area (Å²) in [6.45, 7) is 4.00. The molecule has 4 aromatic rings. The second-order valence-corrected chi connectivity index (χ2v) is 10.4. The molecule has 0 fully saturated rings. The third kappa shape index (κ3) is 4.33. The van der Waals surface area contributed by atoms with Crippen LogP contribution in [0.25, 0.3) is 16.3 Å². The van der Waals surface area contributed by atoms with Crippen molar-refractivity contribution in [1.82, 2.24) is 4.98 Å². The average Bonchev–Trinajstić information content (AvgIpc) is 3.37. The van der Waals surface area contributed by atoms with Crippen LogP contribution in [0.3, 0.4) is 0 Å². The number of benzene rings is 3. The van der Waals surface area contributed by atoms with Crippen LogP contribution in [0, 0.1) is 13.8 Å². The number of fused-ring (bicyclic) bond motifs is 1. The van der Waals surface area contributed by atoms with Crippen molar-refractivity contribution >= 4 is 60.4 Å². The van der Waals surface area contributed by atoms with E-state index >= 15 is 0 Å². The van der Waals surface area contributed by atoms with Crippen molar-refractivity contribution in [1.29, 1.82) is 0 Å². The first-order chi connectivity index (χ1) is 16.8. The summed E-state index contributed by atoms with van der Waals surface area (Å²) < 4.78 is 1.75. The van der Waals surface area contributed by atoms with Gasteiger partial charge in [-0.2, -0.15) is 0 Å². The lowest BCUT2D eigenvalue weighted by Gasteiger charge is -2.24. The number of aryl methyl sites for hydroxylation is 2. The van der Waals surface area contributed by atoms with Crippen LogP contribution in [-0.4, -0.2) is 21.8 Å². The van der Waals surface area contributed by atoms with Crippen molar-refractivity contribution in [2.75, 3.05) is 4.90 Å². The van der Waals surface area contributed by atoms with E-state index in [0.29, 0.717) is 10.7 Å². The number of hydrogen-bond acceptors (Lipinski definition) is 5. The molecule has 7 heteroatoms. The molecule has 1 atom stereocenters. The van der Waals surface area contributed by atoms with E-state index in [9.17, 15) is 14.7 Å². The maximum atomic E-state index is 13.4. The summed E-state index contributed by atoms with van der Waals surface area (Å²) in [5.41, 5.74) is 4.49. The zero-order valence-electron chi connectivity index (χ0n) is 19.0. The number of carbonyl (C=O) groups excluding carboxylic acids is 2. The summed E-state index contributed by atoms with van der Waals surface area (Å²) in [6.07, 6.45) is 3.08. The normalized spacial score (nSPS) is 16.1. The molecule has 1 aliphatic rings. The predicted molar refractivity (Wildman–Crippen MR) is 144 cm³/mol. The highest BCUT2D eigenvalue weighted by molar-refractivity contribution is 9.10. The van der Waals surface area contributed by atoms with E-state index in [0.717, 1.165) is 31.4 Å². The van der Waals surface area contributed by atoms with Gasteiger partial charge >= 0.3 is 0 Å². The third-order valence-electron chi connectivity index (χ3n) is 5.89. The first-order valence-corrected chi connectivity index (χ1v) is 12.6. The minimum Gasteiger partial charge on any atom is -0.503 e. The lowest BCUT2D eigenvalue weighted by Crippen LogP contribution is -2.30. The molecule has 2 heterocycles. The smallest absolute Gasteiger partial charge is 0.296 e. The van der Waals surface area contributed by atoms with Crippen LogP contribution in [0.2, 0.25) is 0 Å². The quantitative estimate of drug-likeness (QED) is 0.278. The summed E-state index contributed by atoms with van der Waals surface area (Å²) in [5.74, 6) is -1.62. The maximum Gasteiger partial charge on any atom is 0.296 e. The van der Waals surface area contributed by atoms with Crippen molar-refractivity contribution in [2.24, 2.45) is 0 Å². The van der Waals surface area contributed by atoms with Crippen molar-refractivity contribution in [3.63, 3.8) is 0 Å². The van der Waals surface area contributed by atoms with Gasteiger partial charge in [0.05, 0.1) is 21.8 Å². The van der Waals surface area contributed by atoms with E-state index < -0.39 is 23.5 Å². The number of allylic oxidation sites excluding steroid dienone is 1. The standard InChI is InChI=1S/C28H21BrN2O3S/c1-16-13-17(2)24-22(14-16)35-28(30-24)31-25(19-9-6-10-20(29)15-19)23(26(33)27(31)34)21(32)12-11-18-7-4-3-5-8-18/h3-15,25,33H,1-2H3/b12-11+. The molecule has 0 saturated carbocycles. The van der Waals surface area contributed by atoms with Crippen LogP contribution in [0.4, 0.5) is 5.13 Å². The van der Waals surface area contributed by atoms with Gasteiger partial charge in [0.25, 0.3) is 5.91 Å². The fourth-order valence-electron chi connectivity index (χ4n) is 4.33. The number of hydrogen-bond donors (Lipinski definition) is 1. The van der Waals surface area contributed by atoms with Crippen LogP contribution in [0.15, 0.2) is 88.6 Å². The molecule has 35 heavy (non-hydrogen) atoms. The monoisotopic (exact) mass is 544 g/mol. The largest absolute Gasteiger partial charge is 0.503 e. The second-order valence-electron chi connectivity index (χ2n) is 8.43. The molecule has 1 aliphatic heterocycles. The van der Waals surface area contributed by atoms with Gasteiger partial charge in [0.1, 0.15) is 0 Å². The zero-order chi connectivity index (χ0) is 24.7. The minimum atomic E-state index is -0.810. The van der Waals surface area contributed by atoms with Gasteiger partial charge in [-0.15, -0.1) is 0 Å². The Morgan fingerprint density at radius 3 is 2.60 bits per heavy atom. The van der Waals surface area contributed by atoms with Crippen LogP contribution in [-0.2, 0) is 9.59 Å². The van der Waals surface area contributed by atoms with E-state index in [2.05, 4.69) is 15.9 Å². The number of thiazole rings is 1. The van der Waals surface area contributed by atoms with Gasteiger partial charge in [-0.3, -0.25) is 14.5 Å². The molecule has 0 spiro atoms. The van der Waals surface area contributed by atoms with E-state index in [1.165, 1.54) is 22.3 Å². The Morgan fingerprint density at radius 1 is 1.09 bits per heavy atom. The maximum absolute atomic E-state index is 13.4. The van der Waals surface area contributed by atoms with E-state index in [1.54, 1.807) is 6.08 Å². The Labute approximate surface area is 215 Å². The third-order valence-corrected chi connectivity index (χ3v) is 7.38. The number of aromatic nitrogens is 1. The summed E-state index contributed by atoms with van der Waals surface area (Å²) in [4.78, 5) is 32.9. The number of nitrogens with zero attached hydrogens (tertiary/aromatic N) is 2. The summed E-state index contributed by atoms with van der Waals surface area (Å²) >= 11 is 4.86. The fraction of sp³-hybridized carbons (Fsp3) is 0.107. The van der Waals surface area contributed by atoms with Gasteiger partial charge in [0.2, 0.25) is 0 Å². The molecule has 0 bridgehead atoms. The van der Waals surface area contributed by atoms with E-state index in [4.69, 9.17) is 4.98 Å². The van der Waals surface area contributed by atoms with Gasteiger partial charge in [0, 0.05) is 4.47 Å². The lowest BCUT2D eigenvalue weighted by molar-refractivity contribution is -0.117. The number of carbonyl (C=O) groups is 2. The van der Waals surface area contributed by atoms with Gasteiger partial charge in [0.15, 0.2) is 16.7 Å². The van der Waals surface area contributed by atoms with Crippen LogP contribution in [0.1, 0.15) is 28.3 Å². The van der Waals surface area contributed by atoms with Gasteiger partial charge < -0.3 is 5.11 Å². The summed E-state index contributed by atoms with van der Waals surface area (Å²) in [7, 11) is 0. The van der Waals surface area contributed by atoms with E-state index in [1.807, 2.05) is 80.6 Å². The van der Waals surface area contributed by atoms with Crippen LogP contribution >= 0.6 is 27.3 Å². The molecule has 1 N–H and O–H groups in total. The Kier molecular flexibility index (Phi) is 6.13. The molecule has 0 saturated heterocycles. The molecule has 3 aromatic carbocycles. The zero-order valence-corrected chi connectivity index (χ0v) is 21.4. The molecular formula is C28H21BrN2O3S. The highest BCUT2D eigenvalue weighted by Crippen LogP contribution is 2.44. The summed E-state index contributed by atoms with van der Waals surface area (Å²) in [6, 6.07) is 20.1. The Morgan fingerprint density at radius 2 is 1.86 bits per heavy atom. The number of rotatable bonds is 5. The molecule has 5 rings (SSSR count). The van der Waals surface area contributed by atoms with Crippen molar-refractivity contribution < 1.29 is 14.7 Å². The predicted octanol–water partition coefficient (Wildman–Crippen LogP) is 6.86. The molecule has 0 aliphatic carbocycles. The Hall–Kier alpha value is -3.55. The van der Waals surface area contributed by atoms with Crippen molar-refractivity contribution in [2.45, 2.75) is 19.9 Å². The first-order valence-electron chi connectivity index (χ1n) is 11.0.